The second-order valence-corrected chi connectivity index (χ2v) is 2.87. The van der Waals surface area contributed by atoms with Crippen molar-refractivity contribution in [1.82, 2.24) is 0 Å². The van der Waals surface area contributed by atoms with Gasteiger partial charge in [-0.2, -0.15) is 0 Å². The Morgan fingerprint density at radius 2 is 1.82 bits per heavy atom. The van der Waals surface area contributed by atoms with Crippen LogP contribution in [0.2, 0.25) is 0 Å². The highest BCUT2D eigenvalue weighted by Gasteiger charge is 2.09. The quantitative estimate of drug-likeness (QED) is 0.497. The highest BCUT2D eigenvalue weighted by molar-refractivity contribution is 6.35. The molecular formula is C8H12Cl2O. The van der Waals surface area contributed by atoms with Crippen LogP contribution in [0.25, 0.3) is 0 Å². The number of Topliss-reactive ketones (excluding diaryl/α,β-unsaturated/α-hetero) is 1. The van der Waals surface area contributed by atoms with E-state index in [4.69, 9.17) is 23.2 Å². The summed E-state index contributed by atoms with van der Waals surface area (Å²) in [5, 5.41) is 0.637. The summed E-state index contributed by atoms with van der Waals surface area (Å²) < 4.78 is 0. The Morgan fingerprint density at radius 1 is 1.27 bits per heavy atom. The summed E-state index contributed by atoms with van der Waals surface area (Å²) in [6.45, 7) is 3.82. The molecule has 3 heteroatoms. The van der Waals surface area contributed by atoms with E-state index in [0.29, 0.717) is 23.4 Å². The van der Waals surface area contributed by atoms with Gasteiger partial charge in [-0.05, 0) is 12.8 Å². The van der Waals surface area contributed by atoms with Crippen LogP contribution in [0.3, 0.4) is 0 Å². The monoisotopic (exact) mass is 194 g/mol. The molecule has 0 N–H and O–H groups in total. The fraction of sp³-hybridized carbons (Fsp3) is 0.625. The molecule has 0 spiro atoms. The maximum atomic E-state index is 11.1. The van der Waals surface area contributed by atoms with Crippen molar-refractivity contribution in [2.24, 2.45) is 0 Å². The number of alkyl halides is 1. The predicted octanol–water partition coefficient (Wildman–Crippen LogP) is 3.11. The van der Waals surface area contributed by atoms with Gasteiger partial charge in [-0.3, -0.25) is 4.79 Å². The Labute approximate surface area is 77.4 Å². The van der Waals surface area contributed by atoms with Crippen molar-refractivity contribution in [3.8, 4) is 0 Å². The van der Waals surface area contributed by atoms with E-state index in [0.717, 1.165) is 0 Å². The maximum absolute atomic E-state index is 11.1. The Kier molecular flexibility index (Phi) is 5.61. The van der Waals surface area contributed by atoms with Crippen LogP contribution in [0.5, 0.6) is 0 Å². The lowest BCUT2D eigenvalue weighted by Gasteiger charge is -2.02. The van der Waals surface area contributed by atoms with Crippen molar-refractivity contribution >= 4 is 29.0 Å². The minimum atomic E-state index is -0.0546. The van der Waals surface area contributed by atoms with E-state index in [9.17, 15) is 4.79 Å². The van der Waals surface area contributed by atoms with Crippen LogP contribution >= 0.6 is 23.2 Å². The molecule has 0 amide bonds. The smallest absolute Gasteiger partial charge is 0.174 e. The third-order valence-electron chi connectivity index (χ3n) is 1.45. The summed E-state index contributed by atoms with van der Waals surface area (Å²) in [5.74, 6) is -0.0274. The van der Waals surface area contributed by atoms with E-state index in [1.165, 1.54) is 0 Å². The molecule has 0 saturated heterocycles. The minimum absolute atomic E-state index is 0.0272. The van der Waals surface area contributed by atoms with Crippen molar-refractivity contribution < 1.29 is 4.79 Å². The lowest BCUT2D eigenvalue weighted by molar-refractivity contribution is -0.113. The Morgan fingerprint density at radius 3 is 2.09 bits per heavy atom. The zero-order valence-electron chi connectivity index (χ0n) is 6.79. The molecule has 1 nitrogen and oxygen atoms in total. The first kappa shape index (κ1) is 11.0. The molecule has 0 aromatic carbocycles. The number of hydrogen-bond donors (Lipinski definition) is 0. The highest BCUT2D eigenvalue weighted by Crippen LogP contribution is 2.17. The fourth-order valence-corrected chi connectivity index (χ4v) is 1.23. The van der Waals surface area contributed by atoms with Gasteiger partial charge in [0.2, 0.25) is 0 Å². The molecule has 0 fully saturated rings. The minimum Gasteiger partial charge on any atom is -0.293 e. The third-order valence-corrected chi connectivity index (χ3v) is 2.19. The number of carbonyl (C=O) groups is 1. The normalized spacial score (nSPS) is 12.7. The molecule has 0 unspecified atom stereocenters. The van der Waals surface area contributed by atoms with E-state index in [2.05, 4.69) is 0 Å². The zero-order chi connectivity index (χ0) is 8.85. The lowest BCUT2D eigenvalue weighted by Crippen LogP contribution is -2.04. The van der Waals surface area contributed by atoms with E-state index in [1.807, 2.05) is 13.8 Å². The fourth-order valence-electron chi connectivity index (χ4n) is 0.834. The van der Waals surface area contributed by atoms with Gasteiger partial charge in [0.15, 0.2) is 5.78 Å². The van der Waals surface area contributed by atoms with Gasteiger partial charge in [0, 0.05) is 10.6 Å². The van der Waals surface area contributed by atoms with E-state index in [-0.39, 0.29) is 11.7 Å². The van der Waals surface area contributed by atoms with Crippen molar-refractivity contribution in [1.29, 1.82) is 0 Å². The number of hydrogen-bond acceptors (Lipinski definition) is 1. The molecule has 0 aromatic heterocycles. The van der Waals surface area contributed by atoms with Crippen LogP contribution in [0.15, 0.2) is 10.6 Å². The molecule has 11 heavy (non-hydrogen) atoms. The molecule has 0 aromatic rings. The molecule has 0 rings (SSSR count). The predicted molar refractivity (Wildman–Crippen MR) is 49.2 cm³/mol. The second kappa shape index (κ2) is 5.62. The molecule has 0 atom stereocenters. The van der Waals surface area contributed by atoms with E-state index < -0.39 is 0 Å². The average molecular weight is 195 g/mol. The summed E-state index contributed by atoms with van der Waals surface area (Å²) in [6, 6.07) is 0. The molecule has 0 heterocycles. The van der Waals surface area contributed by atoms with Crippen LogP contribution in [0, 0.1) is 0 Å². The van der Waals surface area contributed by atoms with Crippen LogP contribution in [-0.2, 0) is 4.79 Å². The Balaban J connectivity index is 4.50. The Bertz CT molecular complexity index is 173. The molecule has 0 aliphatic carbocycles. The van der Waals surface area contributed by atoms with Crippen LogP contribution < -0.4 is 0 Å². The van der Waals surface area contributed by atoms with Crippen molar-refractivity contribution in [2.45, 2.75) is 26.7 Å². The first-order chi connectivity index (χ1) is 5.17. The summed E-state index contributed by atoms with van der Waals surface area (Å²) >= 11 is 11.2. The van der Waals surface area contributed by atoms with Crippen LogP contribution in [0.1, 0.15) is 26.7 Å². The van der Waals surface area contributed by atoms with Crippen LogP contribution in [-0.4, -0.2) is 11.7 Å². The summed E-state index contributed by atoms with van der Waals surface area (Å²) in [6.07, 6.45) is 1.37. The van der Waals surface area contributed by atoms with Gasteiger partial charge in [-0.1, -0.05) is 25.4 Å². The number of ketones is 1. The molecule has 0 aliphatic heterocycles. The molecule has 0 radical (unpaired) electrons. The van der Waals surface area contributed by atoms with Gasteiger partial charge in [0.05, 0.1) is 5.88 Å². The SMILES string of the molecule is CC/C(Cl)=C(\CC)C(=O)CCl. The number of carbonyl (C=O) groups excluding carboxylic acids is 1. The van der Waals surface area contributed by atoms with Crippen molar-refractivity contribution in [3.63, 3.8) is 0 Å². The highest BCUT2D eigenvalue weighted by atomic mass is 35.5. The average Bonchev–Trinajstić information content (AvgIpc) is 2.05. The first-order valence-electron chi connectivity index (χ1n) is 3.64. The van der Waals surface area contributed by atoms with Gasteiger partial charge in [0.1, 0.15) is 0 Å². The van der Waals surface area contributed by atoms with Gasteiger partial charge < -0.3 is 0 Å². The van der Waals surface area contributed by atoms with E-state index in [1.54, 1.807) is 0 Å². The number of allylic oxidation sites excluding steroid dienone is 2. The standard InChI is InChI=1S/C8H12Cl2O/c1-3-6(7(10)4-2)8(11)5-9/h3-5H2,1-2H3/b7-6-. The molecular weight excluding hydrogens is 183 g/mol. The van der Waals surface area contributed by atoms with Gasteiger partial charge >= 0.3 is 0 Å². The second-order valence-electron chi connectivity index (χ2n) is 2.15. The number of halogens is 2. The topological polar surface area (TPSA) is 17.1 Å². The van der Waals surface area contributed by atoms with Crippen LogP contribution in [0.4, 0.5) is 0 Å². The molecule has 64 valence electrons. The largest absolute Gasteiger partial charge is 0.293 e. The third kappa shape index (κ3) is 3.26. The zero-order valence-corrected chi connectivity index (χ0v) is 8.30. The van der Waals surface area contributed by atoms with Gasteiger partial charge in [0.25, 0.3) is 0 Å². The number of rotatable bonds is 4. The molecule has 0 bridgehead atoms. The Hall–Kier alpha value is -0.0100. The first-order valence-corrected chi connectivity index (χ1v) is 4.55. The summed E-state index contributed by atoms with van der Waals surface area (Å²) in [4.78, 5) is 11.1. The van der Waals surface area contributed by atoms with E-state index >= 15 is 0 Å². The van der Waals surface area contributed by atoms with Gasteiger partial charge in [-0.25, -0.2) is 0 Å². The molecule has 0 saturated carbocycles. The van der Waals surface area contributed by atoms with Crippen molar-refractivity contribution in [2.75, 3.05) is 5.88 Å². The van der Waals surface area contributed by atoms with Gasteiger partial charge in [-0.15, -0.1) is 11.6 Å². The lowest BCUT2D eigenvalue weighted by atomic mass is 10.1. The summed E-state index contributed by atoms with van der Waals surface area (Å²) in [5.41, 5.74) is 0.671. The van der Waals surface area contributed by atoms with Crippen molar-refractivity contribution in [3.05, 3.63) is 10.6 Å². The maximum Gasteiger partial charge on any atom is 0.174 e. The summed E-state index contributed by atoms with van der Waals surface area (Å²) in [7, 11) is 0. The molecule has 0 aliphatic rings.